The highest BCUT2D eigenvalue weighted by Gasteiger charge is 2.26. The highest BCUT2D eigenvalue weighted by Crippen LogP contribution is 2.22. The lowest BCUT2D eigenvalue weighted by atomic mass is 10.2. The summed E-state index contributed by atoms with van der Waals surface area (Å²) in [7, 11) is 3.11. The molecule has 0 amide bonds. The van der Waals surface area contributed by atoms with Crippen molar-refractivity contribution in [3.8, 4) is 5.75 Å². The second-order valence-electron chi connectivity index (χ2n) is 4.92. The van der Waals surface area contributed by atoms with Crippen molar-refractivity contribution in [1.29, 1.82) is 0 Å². The number of rotatable bonds is 4. The highest BCUT2D eigenvalue weighted by atomic mass is 16.5. The fourth-order valence-electron chi connectivity index (χ4n) is 2.49. The topological polar surface area (TPSA) is 42.0 Å². The van der Waals surface area contributed by atoms with Crippen molar-refractivity contribution in [2.45, 2.75) is 13.0 Å². The number of carbonyl (C=O) groups excluding carboxylic acids is 1. The molecule has 0 unspecified atom stereocenters. The van der Waals surface area contributed by atoms with Crippen LogP contribution >= 0.6 is 0 Å². The van der Waals surface area contributed by atoms with Gasteiger partial charge in [0.05, 0.1) is 14.2 Å². The Labute approximate surface area is 120 Å². The molecule has 1 aliphatic heterocycles. The number of ether oxygens (including phenoxy) is 2. The molecule has 1 aliphatic rings. The number of methoxy groups -OCH3 is 2. The van der Waals surface area contributed by atoms with Crippen LogP contribution in [0.15, 0.2) is 24.3 Å². The molecule has 1 atom stereocenters. The molecule has 0 N–H and O–H groups in total. The maximum atomic E-state index is 11.6. The molecule has 0 radical (unpaired) electrons. The standard InChI is InChI=1S/C15H22N2O3/c1-12(15(18)20-3)16-7-9-17(10-8-16)13-5-4-6-14(11-13)19-2/h4-6,11-12H,7-10H2,1-3H3/t12-/m0/s1. The van der Waals surface area contributed by atoms with Crippen molar-refractivity contribution in [3.63, 3.8) is 0 Å². The average Bonchev–Trinajstić information content (AvgIpc) is 2.53. The fourth-order valence-corrected chi connectivity index (χ4v) is 2.49. The summed E-state index contributed by atoms with van der Waals surface area (Å²) in [6.45, 7) is 5.40. The molecule has 0 aromatic heterocycles. The third kappa shape index (κ3) is 3.22. The summed E-state index contributed by atoms with van der Waals surface area (Å²) in [5.41, 5.74) is 1.16. The lowest BCUT2D eigenvalue weighted by molar-refractivity contribution is -0.146. The second-order valence-corrected chi connectivity index (χ2v) is 4.92. The fraction of sp³-hybridized carbons (Fsp3) is 0.533. The molecular formula is C15H22N2O3. The predicted molar refractivity (Wildman–Crippen MR) is 78.3 cm³/mol. The molecule has 0 bridgehead atoms. The minimum Gasteiger partial charge on any atom is -0.497 e. The van der Waals surface area contributed by atoms with Gasteiger partial charge < -0.3 is 14.4 Å². The Bertz CT molecular complexity index is 456. The lowest BCUT2D eigenvalue weighted by Crippen LogP contribution is -2.52. The number of hydrogen-bond donors (Lipinski definition) is 0. The van der Waals surface area contributed by atoms with E-state index in [4.69, 9.17) is 9.47 Å². The number of hydrogen-bond acceptors (Lipinski definition) is 5. The third-order valence-corrected chi connectivity index (χ3v) is 3.82. The average molecular weight is 278 g/mol. The van der Waals surface area contributed by atoms with Crippen molar-refractivity contribution in [2.24, 2.45) is 0 Å². The maximum absolute atomic E-state index is 11.6. The van der Waals surface area contributed by atoms with E-state index in [1.165, 1.54) is 7.11 Å². The quantitative estimate of drug-likeness (QED) is 0.778. The third-order valence-electron chi connectivity index (χ3n) is 3.82. The SMILES string of the molecule is COC(=O)[C@H](C)N1CCN(c2cccc(OC)c2)CC1. The van der Waals surface area contributed by atoms with Crippen LogP contribution in [0.25, 0.3) is 0 Å². The van der Waals surface area contributed by atoms with Crippen LogP contribution < -0.4 is 9.64 Å². The number of piperazine rings is 1. The van der Waals surface area contributed by atoms with Gasteiger partial charge in [0.15, 0.2) is 0 Å². The minimum atomic E-state index is -0.174. The van der Waals surface area contributed by atoms with Crippen molar-refractivity contribution in [3.05, 3.63) is 24.3 Å². The zero-order valence-electron chi connectivity index (χ0n) is 12.3. The van der Waals surface area contributed by atoms with Gasteiger partial charge in [-0.1, -0.05) is 6.07 Å². The number of nitrogens with zero attached hydrogens (tertiary/aromatic N) is 2. The van der Waals surface area contributed by atoms with Crippen LogP contribution in [0.4, 0.5) is 5.69 Å². The zero-order valence-corrected chi connectivity index (χ0v) is 12.3. The zero-order chi connectivity index (χ0) is 14.5. The van der Waals surface area contributed by atoms with Crippen molar-refractivity contribution < 1.29 is 14.3 Å². The monoisotopic (exact) mass is 278 g/mol. The predicted octanol–water partition coefficient (Wildman–Crippen LogP) is 1.38. The van der Waals surface area contributed by atoms with Gasteiger partial charge >= 0.3 is 5.97 Å². The van der Waals surface area contributed by atoms with Crippen LogP contribution in [0, 0.1) is 0 Å². The molecule has 1 aromatic rings. The number of carbonyl (C=O) groups is 1. The van der Waals surface area contributed by atoms with Gasteiger partial charge in [0.2, 0.25) is 0 Å². The summed E-state index contributed by atoms with van der Waals surface area (Å²) in [5.74, 6) is 0.702. The van der Waals surface area contributed by atoms with Gasteiger partial charge in [0, 0.05) is 37.9 Å². The Morgan fingerprint density at radius 3 is 2.50 bits per heavy atom. The van der Waals surface area contributed by atoms with Crippen LogP contribution in [0.3, 0.4) is 0 Å². The maximum Gasteiger partial charge on any atom is 0.322 e. The largest absolute Gasteiger partial charge is 0.497 e. The van der Waals surface area contributed by atoms with E-state index >= 15 is 0 Å². The molecule has 1 aromatic carbocycles. The van der Waals surface area contributed by atoms with Gasteiger partial charge in [-0.3, -0.25) is 9.69 Å². The van der Waals surface area contributed by atoms with E-state index < -0.39 is 0 Å². The Morgan fingerprint density at radius 2 is 1.90 bits per heavy atom. The van der Waals surface area contributed by atoms with E-state index in [0.29, 0.717) is 0 Å². The van der Waals surface area contributed by atoms with Crippen molar-refractivity contribution in [1.82, 2.24) is 4.90 Å². The van der Waals surface area contributed by atoms with Gasteiger partial charge in [0.1, 0.15) is 11.8 Å². The van der Waals surface area contributed by atoms with Gasteiger partial charge in [-0.25, -0.2) is 0 Å². The molecule has 1 saturated heterocycles. The van der Waals surface area contributed by atoms with Crippen LogP contribution in [-0.2, 0) is 9.53 Å². The second kappa shape index (κ2) is 6.61. The molecule has 2 rings (SSSR count). The molecule has 110 valence electrons. The summed E-state index contributed by atoms with van der Waals surface area (Å²) >= 11 is 0. The van der Waals surface area contributed by atoms with Gasteiger partial charge in [-0.2, -0.15) is 0 Å². The molecule has 0 spiro atoms. The molecule has 5 nitrogen and oxygen atoms in total. The van der Waals surface area contributed by atoms with Crippen LogP contribution in [-0.4, -0.2) is 57.3 Å². The van der Waals surface area contributed by atoms with Crippen LogP contribution in [0.2, 0.25) is 0 Å². The summed E-state index contributed by atoms with van der Waals surface area (Å²) in [5, 5.41) is 0. The molecular weight excluding hydrogens is 256 g/mol. The molecule has 5 heteroatoms. The first-order chi connectivity index (χ1) is 9.65. The smallest absolute Gasteiger partial charge is 0.322 e. The summed E-state index contributed by atoms with van der Waals surface area (Å²) < 4.78 is 10.0. The van der Waals surface area contributed by atoms with E-state index in [2.05, 4.69) is 15.9 Å². The molecule has 20 heavy (non-hydrogen) atoms. The minimum absolute atomic E-state index is 0.167. The first kappa shape index (κ1) is 14.7. The molecule has 1 heterocycles. The van der Waals surface area contributed by atoms with Gasteiger partial charge in [0.25, 0.3) is 0 Å². The Balaban J connectivity index is 1.95. The summed E-state index contributed by atoms with van der Waals surface area (Å²) in [6, 6.07) is 7.89. The van der Waals surface area contributed by atoms with E-state index in [1.807, 2.05) is 25.1 Å². The normalized spacial score (nSPS) is 17.6. The molecule has 0 saturated carbocycles. The first-order valence-electron chi connectivity index (χ1n) is 6.86. The number of benzene rings is 1. The first-order valence-corrected chi connectivity index (χ1v) is 6.86. The molecule has 1 fully saturated rings. The Kier molecular flexibility index (Phi) is 4.84. The Morgan fingerprint density at radius 1 is 1.20 bits per heavy atom. The van der Waals surface area contributed by atoms with Gasteiger partial charge in [-0.05, 0) is 19.1 Å². The van der Waals surface area contributed by atoms with Crippen molar-refractivity contribution >= 4 is 11.7 Å². The molecule has 0 aliphatic carbocycles. The Hall–Kier alpha value is -1.75. The summed E-state index contributed by atoms with van der Waals surface area (Å²) in [4.78, 5) is 16.0. The van der Waals surface area contributed by atoms with Gasteiger partial charge in [-0.15, -0.1) is 0 Å². The number of esters is 1. The van der Waals surface area contributed by atoms with E-state index in [9.17, 15) is 4.79 Å². The van der Waals surface area contributed by atoms with E-state index in [-0.39, 0.29) is 12.0 Å². The lowest BCUT2D eigenvalue weighted by Gasteiger charge is -2.38. The van der Waals surface area contributed by atoms with Crippen LogP contribution in [0.5, 0.6) is 5.75 Å². The highest BCUT2D eigenvalue weighted by molar-refractivity contribution is 5.75. The number of anilines is 1. The van der Waals surface area contributed by atoms with Crippen molar-refractivity contribution in [2.75, 3.05) is 45.3 Å². The van der Waals surface area contributed by atoms with E-state index in [0.717, 1.165) is 37.6 Å². The van der Waals surface area contributed by atoms with E-state index in [1.54, 1.807) is 7.11 Å². The van der Waals surface area contributed by atoms with Crippen LogP contribution in [0.1, 0.15) is 6.92 Å². The summed E-state index contributed by atoms with van der Waals surface area (Å²) in [6.07, 6.45) is 0.